The summed E-state index contributed by atoms with van der Waals surface area (Å²) in [5.41, 5.74) is 2.30. The molecular formula is C23H24N2O2S. The topological polar surface area (TPSA) is 42.4 Å². The van der Waals surface area contributed by atoms with E-state index in [0.29, 0.717) is 11.7 Å². The standard InChI is InChI=1S/C23H24N2O2S/c1-17(23(26)25-14-5-8-20(16-25)22-24-13-15-28-22)27-21-11-9-19(10-12-21)18-6-3-2-4-7-18/h2-4,6-7,9-13,15,17,20H,5,8,14,16H2,1H3. The minimum absolute atomic E-state index is 0.0494. The predicted octanol–water partition coefficient (Wildman–Crippen LogP) is 4.98. The second-order valence-electron chi connectivity index (χ2n) is 7.14. The first kappa shape index (κ1) is 18.7. The van der Waals surface area contributed by atoms with Crippen molar-refractivity contribution in [3.8, 4) is 16.9 Å². The molecule has 4 nitrogen and oxygen atoms in total. The Hall–Kier alpha value is -2.66. The second kappa shape index (κ2) is 8.57. The average Bonchev–Trinajstić information content (AvgIpc) is 3.29. The molecule has 3 aromatic rings. The van der Waals surface area contributed by atoms with Crippen molar-refractivity contribution in [1.29, 1.82) is 0 Å². The Balaban J connectivity index is 1.37. The molecule has 4 rings (SSSR count). The number of aromatic nitrogens is 1. The molecule has 2 atom stereocenters. The number of benzene rings is 2. The maximum Gasteiger partial charge on any atom is 0.263 e. The van der Waals surface area contributed by atoms with Gasteiger partial charge in [-0.1, -0.05) is 42.5 Å². The summed E-state index contributed by atoms with van der Waals surface area (Å²) in [4.78, 5) is 19.2. The van der Waals surface area contributed by atoms with Crippen LogP contribution in [-0.2, 0) is 4.79 Å². The number of thiazole rings is 1. The molecule has 28 heavy (non-hydrogen) atoms. The van der Waals surface area contributed by atoms with Gasteiger partial charge in [0.15, 0.2) is 6.10 Å². The lowest BCUT2D eigenvalue weighted by molar-refractivity contribution is -0.139. The van der Waals surface area contributed by atoms with Crippen LogP contribution in [0, 0.1) is 0 Å². The minimum Gasteiger partial charge on any atom is -0.481 e. The molecular weight excluding hydrogens is 368 g/mol. The zero-order chi connectivity index (χ0) is 19.3. The van der Waals surface area contributed by atoms with Crippen molar-refractivity contribution >= 4 is 17.2 Å². The Morgan fingerprint density at radius 3 is 2.61 bits per heavy atom. The monoisotopic (exact) mass is 392 g/mol. The number of amides is 1. The second-order valence-corrected chi connectivity index (χ2v) is 8.07. The summed E-state index contributed by atoms with van der Waals surface area (Å²) in [6.07, 6.45) is 3.44. The third kappa shape index (κ3) is 4.25. The summed E-state index contributed by atoms with van der Waals surface area (Å²) >= 11 is 1.67. The normalized spacial score (nSPS) is 17.9. The van der Waals surface area contributed by atoms with Crippen LogP contribution in [0.2, 0.25) is 0 Å². The molecule has 0 bridgehead atoms. The summed E-state index contributed by atoms with van der Waals surface area (Å²) in [6, 6.07) is 18.1. The number of hydrogen-bond acceptors (Lipinski definition) is 4. The van der Waals surface area contributed by atoms with E-state index >= 15 is 0 Å². The third-order valence-corrected chi connectivity index (χ3v) is 6.09. The first-order valence-corrected chi connectivity index (χ1v) is 10.6. The molecule has 2 aromatic carbocycles. The van der Waals surface area contributed by atoms with Gasteiger partial charge >= 0.3 is 0 Å². The van der Waals surface area contributed by atoms with Crippen molar-refractivity contribution in [3.63, 3.8) is 0 Å². The van der Waals surface area contributed by atoms with Crippen LogP contribution in [0.25, 0.3) is 11.1 Å². The van der Waals surface area contributed by atoms with Crippen LogP contribution in [0.15, 0.2) is 66.2 Å². The van der Waals surface area contributed by atoms with Gasteiger partial charge in [-0.3, -0.25) is 4.79 Å². The zero-order valence-electron chi connectivity index (χ0n) is 16.0. The van der Waals surface area contributed by atoms with Gasteiger partial charge in [0.2, 0.25) is 0 Å². The van der Waals surface area contributed by atoms with Crippen LogP contribution in [0.4, 0.5) is 0 Å². The Morgan fingerprint density at radius 1 is 1.14 bits per heavy atom. The molecule has 1 aliphatic heterocycles. The largest absolute Gasteiger partial charge is 0.481 e. The van der Waals surface area contributed by atoms with Crippen molar-refractivity contribution in [3.05, 3.63) is 71.2 Å². The Bertz CT molecular complexity index is 894. The number of likely N-dealkylation sites (tertiary alicyclic amines) is 1. The highest BCUT2D eigenvalue weighted by atomic mass is 32.1. The van der Waals surface area contributed by atoms with Crippen LogP contribution in [0.3, 0.4) is 0 Å². The molecule has 1 aromatic heterocycles. The number of hydrogen-bond donors (Lipinski definition) is 0. The van der Waals surface area contributed by atoms with Gasteiger partial charge in [0, 0.05) is 30.6 Å². The highest BCUT2D eigenvalue weighted by Gasteiger charge is 2.29. The Labute approximate surface area is 169 Å². The molecule has 0 spiro atoms. The maximum absolute atomic E-state index is 12.9. The predicted molar refractivity (Wildman–Crippen MR) is 113 cm³/mol. The summed E-state index contributed by atoms with van der Waals surface area (Å²) in [7, 11) is 0. The van der Waals surface area contributed by atoms with Gasteiger partial charge in [-0.2, -0.15) is 0 Å². The molecule has 0 radical (unpaired) electrons. The van der Waals surface area contributed by atoms with E-state index in [0.717, 1.165) is 36.5 Å². The van der Waals surface area contributed by atoms with Crippen molar-refractivity contribution in [1.82, 2.24) is 9.88 Å². The first-order valence-electron chi connectivity index (χ1n) is 9.71. The lowest BCUT2D eigenvalue weighted by Gasteiger charge is -2.33. The molecule has 2 heterocycles. The summed E-state index contributed by atoms with van der Waals surface area (Å²) < 4.78 is 5.94. The van der Waals surface area contributed by atoms with Crippen LogP contribution < -0.4 is 4.74 Å². The van der Waals surface area contributed by atoms with E-state index in [2.05, 4.69) is 17.1 Å². The van der Waals surface area contributed by atoms with E-state index in [1.165, 1.54) is 5.56 Å². The number of piperidine rings is 1. The molecule has 0 saturated carbocycles. The van der Waals surface area contributed by atoms with E-state index in [4.69, 9.17) is 4.74 Å². The van der Waals surface area contributed by atoms with Crippen LogP contribution in [-0.4, -0.2) is 35.0 Å². The number of nitrogens with zero attached hydrogens (tertiary/aromatic N) is 2. The number of ether oxygens (including phenoxy) is 1. The van der Waals surface area contributed by atoms with E-state index in [1.54, 1.807) is 11.3 Å². The SMILES string of the molecule is CC(Oc1ccc(-c2ccccc2)cc1)C(=O)N1CCCC(c2nccs2)C1. The maximum atomic E-state index is 12.9. The van der Waals surface area contributed by atoms with Gasteiger partial charge in [0.05, 0.1) is 5.01 Å². The molecule has 0 aliphatic carbocycles. The average molecular weight is 393 g/mol. The summed E-state index contributed by atoms with van der Waals surface area (Å²) in [6.45, 7) is 3.36. The third-order valence-electron chi connectivity index (χ3n) is 5.16. The molecule has 1 fully saturated rings. The highest BCUT2D eigenvalue weighted by molar-refractivity contribution is 7.09. The van der Waals surface area contributed by atoms with E-state index in [-0.39, 0.29) is 5.91 Å². The van der Waals surface area contributed by atoms with Crippen molar-refractivity contribution in [2.45, 2.75) is 31.8 Å². The van der Waals surface area contributed by atoms with Gasteiger partial charge < -0.3 is 9.64 Å². The van der Waals surface area contributed by atoms with Crippen molar-refractivity contribution in [2.24, 2.45) is 0 Å². The van der Waals surface area contributed by atoms with Crippen LogP contribution in [0.1, 0.15) is 30.7 Å². The summed E-state index contributed by atoms with van der Waals surface area (Å²) in [5, 5.41) is 3.13. The van der Waals surface area contributed by atoms with Crippen molar-refractivity contribution in [2.75, 3.05) is 13.1 Å². The van der Waals surface area contributed by atoms with Gasteiger partial charge in [0.25, 0.3) is 5.91 Å². The number of rotatable bonds is 5. The zero-order valence-corrected chi connectivity index (χ0v) is 16.8. The molecule has 1 amide bonds. The fourth-order valence-electron chi connectivity index (χ4n) is 3.68. The molecule has 1 saturated heterocycles. The molecule has 144 valence electrons. The fraction of sp³-hybridized carbons (Fsp3) is 0.304. The molecule has 1 aliphatic rings. The van der Waals surface area contributed by atoms with Gasteiger partial charge in [-0.05, 0) is 43.0 Å². The number of carbonyl (C=O) groups excluding carboxylic acids is 1. The molecule has 2 unspecified atom stereocenters. The van der Waals surface area contributed by atoms with E-state index in [1.807, 2.05) is 65.9 Å². The molecule has 5 heteroatoms. The van der Waals surface area contributed by atoms with Crippen LogP contribution >= 0.6 is 11.3 Å². The van der Waals surface area contributed by atoms with E-state index in [9.17, 15) is 4.79 Å². The van der Waals surface area contributed by atoms with E-state index < -0.39 is 6.10 Å². The highest BCUT2D eigenvalue weighted by Crippen LogP contribution is 2.29. The lowest BCUT2D eigenvalue weighted by atomic mass is 9.98. The fourth-order valence-corrected chi connectivity index (χ4v) is 4.45. The van der Waals surface area contributed by atoms with Gasteiger partial charge in [-0.25, -0.2) is 4.98 Å². The minimum atomic E-state index is -0.502. The first-order chi connectivity index (χ1) is 13.7. The summed E-state index contributed by atoms with van der Waals surface area (Å²) in [5.74, 6) is 1.11. The molecule has 0 N–H and O–H groups in total. The number of carbonyl (C=O) groups is 1. The Kier molecular flexibility index (Phi) is 5.72. The van der Waals surface area contributed by atoms with Gasteiger partial charge in [0.1, 0.15) is 5.75 Å². The Morgan fingerprint density at radius 2 is 1.89 bits per heavy atom. The lowest BCUT2D eigenvalue weighted by Crippen LogP contribution is -2.45. The quantitative estimate of drug-likeness (QED) is 0.615. The smallest absolute Gasteiger partial charge is 0.263 e. The van der Waals surface area contributed by atoms with Crippen molar-refractivity contribution < 1.29 is 9.53 Å². The van der Waals surface area contributed by atoms with Gasteiger partial charge in [-0.15, -0.1) is 11.3 Å². The van der Waals surface area contributed by atoms with Crippen LogP contribution in [0.5, 0.6) is 5.75 Å².